The van der Waals surface area contributed by atoms with Gasteiger partial charge in [-0.05, 0) is 66.1 Å². The van der Waals surface area contributed by atoms with Gasteiger partial charge in [-0.2, -0.15) is 4.31 Å². The van der Waals surface area contributed by atoms with E-state index in [0.29, 0.717) is 25.0 Å². The summed E-state index contributed by atoms with van der Waals surface area (Å²) in [5.41, 5.74) is 4.92. The van der Waals surface area contributed by atoms with Gasteiger partial charge in [0, 0.05) is 6.54 Å². The van der Waals surface area contributed by atoms with Gasteiger partial charge in [0.15, 0.2) is 0 Å². The van der Waals surface area contributed by atoms with Crippen molar-refractivity contribution in [3.05, 3.63) is 84.4 Å². The number of rotatable bonds is 7. The molecule has 0 saturated carbocycles. The van der Waals surface area contributed by atoms with Crippen molar-refractivity contribution in [3.63, 3.8) is 0 Å². The highest BCUT2D eigenvalue weighted by atomic mass is 32.2. The molecular weight excluding hydrogens is 464 g/mol. The molecule has 1 fully saturated rings. The number of carbonyl (C=O) groups excluding carboxylic acids is 1. The Morgan fingerprint density at radius 1 is 0.971 bits per heavy atom. The second kappa shape index (κ2) is 11.0. The van der Waals surface area contributed by atoms with Crippen molar-refractivity contribution in [1.82, 2.24) is 9.79 Å². The molecule has 1 saturated heterocycles. The minimum absolute atomic E-state index is 0.0851. The van der Waals surface area contributed by atoms with E-state index in [2.05, 4.69) is 0 Å². The van der Waals surface area contributed by atoms with Gasteiger partial charge in [0.25, 0.3) is 5.91 Å². The standard InChI is InChI=1S/C27H30N2O5S/c1-34-24-14-16-25(17-15-24)35(32,33)29-18-6-5-9-23(26(29)27(30)28-31)19-20-10-12-22(13-11-20)21-7-3-2-4-8-21/h2-4,7-8,10-17,23,26,31H,5-6,9,18-19H2,1H3,(H,28,30). The first-order valence-electron chi connectivity index (χ1n) is 11.7. The van der Waals surface area contributed by atoms with Gasteiger partial charge in [0.2, 0.25) is 10.0 Å². The molecule has 2 atom stereocenters. The minimum Gasteiger partial charge on any atom is -0.497 e. The maximum absolute atomic E-state index is 13.6. The van der Waals surface area contributed by atoms with E-state index in [-0.39, 0.29) is 17.4 Å². The SMILES string of the molecule is COc1ccc(S(=O)(=O)N2CCCCC(Cc3ccc(-c4ccccc4)cc3)C2C(=O)NO)cc1. The highest BCUT2D eigenvalue weighted by molar-refractivity contribution is 7.89. The molecule has 1 aliphatic heterocycles. The summed E-state index contributed by atoms with van der Waals surface area (Å²) in [5, 5.41) is 9.51. The molecule has 8 heteroatoms. The van der Waals surface area contributed by atoms with Crippen LogP contribution < -0.4 is 10.2 Å². The van der Waals surface area contributed by atoms with Crippen LogP contribution >= 0.6 is 0 Å². The monoisotopic (exact) mass is 494 g/mol. The van der Waals surface area contributed by atoms with E-state index >= 15 is 0 Å². The van der Waals surface area contributed by atoms with Crippen LogP contribution in [0.3, 0.4) is 0 Å². The number of methoxy groups -OCH3 is 1. The fraction of sp³-hybridized carbons (Fsp3) is 0.296. The van der Waals surface area contributed by atoms with Crippen LogP contribution in [-0.2, 0) is 21.2 Å². The number of hydrogen-bond donors (Lipinski definition) is 2. The lowest BCUT2D eigenvalue weighted by atomic mass is 9.88. The number of carbonyl (C=O) groups is 1. The van der Waals surface area contributed by atoms with Crippen LogP contribution in [0, 0.1) is 5.92 Å². The summed E-state index contributed by atoms with van der Waals surface area (Å²) in [6.07, 6.45) is 2.61. The molecule has 0 bridgehead atoms. The molecule has 3 aromatic rings. The van der Waals surface area contributed by atoms with E-state index in [1.54, 1.807) is 17.6 Å². The van der Waals surface area contributed by atoms with Gasteiger partial charge in [-0.25, -0.2) is 13.9 Å². The highest BCUT2D eigenvalue weighted by Crippen LogP contribution is 2.32. The predicted molar refractivity (Wildman–Crippen MR) is 134 cm³/mol. The van der Waals surface area contributed by atoms with Crippen LogP contribution in [0.1, 0.15) is 24.8 Å². The summed E-state index contributed by atoms with van der Waals surface area (Å²) in [6, 6.07) is 23.2. The topological polar surface area (TPSA) is 95.9 Å². The Hall–Kier alpha value is -3.20. The van der Waals surface area contributed by atoms with E-state index in [9.17, 15) is 18.4 Å². The molecule has 0 radical (unpaired) electrons. The van der Waals surface area contributed by atoms with Gasteiger partial charge in [-0.1, -0.05) is 61.0 Å². The van der Waals surface area contributed by atoms with E-state index in [0.717, 1.165) is 23.1 Å². The Morgan fingerprint density at radius 3 is 2.26 bits per heavy atom. The lowest BCUT2D eigenvalue weighted by Gasteiger charge is -2.32. The molecule has 7 nitrogen and oxygen atoms in total. The molecule has 0 spiro atoms. The molecule has 2 unspecified atom stereocenters. The number of hydrogen-bond acceptors (Lipinski definition) is 5. The lowest BCUT2D eigenvalue weighted by Crippen LogP contribution is -2.52. The van der Waals surface area contributed by atoms with Gasteiger partial charge in [-0.3, -0.25) is 10.0 Å². The van der Waals surface area contributed by atoms with Gasteiger partial charge >= 0.3 is 0 Å². The average Bonchev–Trinajstić information content (AvgIpc) is 3.12. The number of hydroxylamine groups is 1. The van der Waals surface area contributed by atoms with Crippen LogP contribution in [0.15, 0.2) is 83.8 Å². The second-order valence-electron chi connectivity index (χ2n) is 8.74. The average molecular weight is 495 g/mol. The van der Waals surface area contributed by atoms with Crippen molar-refractivity contribution in [1.29, 1.82) is 0 Å². The molecule has 1 amide bonds. The summed E-state index contributed by atoms with van der Waals surface area (Å²) in [4.78, 5) is 12.9. The maximum Gasteiger partial charge on any atom is 0.262 e. The molecule has 35 heavy (non-hydrogen) atoms. The maximum atomic E-state index is 13.6. The van der Waals surface area contributed by atoms with Crippen LogP contribution in [0.5, 0.6) is 5.75 Å². The number of benzene rings is 3. The fourth-order valence-corrected chi connectivity index (χ4v) is 6.44. The lowest BCUT2D eigenvalue weighted by molar-refractivity contribution is -0.134. The van der Waals surface area contributed by atoms with Crippen LogP contribution in [0.2, 0.25) is 0 Å². The zero-order valence-electron chi connectivity index (χ0n) is 19.6. The Kier molecular flexibility index (Phi) is 7.85. The van der Waals surface area contributed by atoms with Gasteiger partial charge < -0.3 is 4.74 Å². The minimum atomic E-state index is -3.98. The van der Waals surface area contributed by atoms with Crippen LogP contribution in [0.25, 0.3) is 11.1 Å². The zero-order chi connectivity index (χ0) is 24.8. The van der Waals surface area contributed by atoms with Crippen molar-refractivity contribution in [2.45, 2.75) is 36.6 Å². The Labute approximate surface area is 206 Å². The van der Waals surface area contributed by atoms with Crippen LogP contribution in [0.4, 0.5) is 0 Å². The van der Waals surface area contributed by atoms with Crippen molar-refractivity contribution >= 4 is 15.9 Å². The van der Waals surface area contributed by atoms with E-state index in [1.807, 2.05) is 54.6 Å². The third-order valence-electron chi connectivity index (χ3n) is 6.56. The molecule has 4 rings (SSSR count). The van der Waals surface area contributed by atoms with Gasteiger partial charge in [-0.15, -0.1) is 0 Å². The fourth-order valence-electron chi connectivity index (χ4n) is 4.75. The molecule has 1 heterocycles. The number of nitrogens with zero attached hydrogens (tertiary/aromatic N) is 1. The number of ether oxygens (including phenoxy) is 1. The summed E-state index contributed by atoms with van der Waals surface area (Å²) in [7, 11) is -2.47. The first kappa shape index (κ1) is 24.9. The quantitative estimate of drug-likeness (QED) is 0.378. The molecular formula is C27H30N2O5S. The summed E-state index contributed by atoms with van der Waals surface area (Å²) >= 11 is 0. The highest BCUT2D eigenvalue weighted by Gasteiger charge is 2.42. The van der Waals surface area contributed by atoms with Crippen molar-refractivity contribution < 1.29 is 23.2 Å². The normalized spacial score (nSPS) is 19.0. The Bertz CT molecular complexity index is 1230. The van der Waals surface area contributed by atoms with E-state index in [4.69, 9.17) is 4.74 Å². The van der Waals surface area contributed by atoms with Crippen molar-refractivity contribution in [2.24, 2.45) is 5.92 Å². The summed E-state index contributed by atoms with van der Waals surface area (Å²) in [5.74, 6) is -0.462. The zero-order valence-corrected chi connectivity index (χ0v) is 20.4. The van der Waals surface area contributed by atoms with Gasteiger partial charge in [0.05, 0.1) is 12.0 Å². The molecule has 0 aliphatic carbocycles. The van der Waals surface area contributed by atoms with E-state index < -0.39 is 22.0 Å². The first-order chi connectivity index (χ1) is 16.9. The predicted octanol–water partition coefficient (Wildman–Crippen LogP) is 4.27. The molecule has 0 aromatic heterocycles. The number of amides is 1. The Balaban J connectivity index is 1.62. The molecule has 2 N–H and O–H groups in total. The largest absolute Gasteiger partial charge is 0.497 e. The number of sulfonamides is 1. The second-order valence-corrected chi connectivity index (χ2v) is 10.6. The number of nitrogens with one attached hydrogen (secondary N) is 1. The van der Waals surface area contributed by atoms with Gasteiger partial charge in [0.1, 0.15) is 11.8 Å². The molecule has 3 aromatic carbocycles. The van der Waals surface area contributed by atoms with Crippen LogP contribution in [-0.4, -0.2) is 43.5 Å². The summed E-state index contributed by atoms with van der Waals surface area (Å²) < 4.78 is 33.6. The molecule has 1 aliphatic rings. The smallest absolute Gasteiger partial charge is 0.262 e. The third kappa shape index (κ3) is 5.56. The Morgan fingerprint density at radius 2 is 1.63 bits per heavy atom. The summed E-state index contributed by atoms with van der Waals surface area (Å²) in [6.45, 7) is 0.204. The van der Waals surface area contributed by atoms with E-state index in [1.165, 1.54) is 23.5 Å². The third-order valence-corrected chi connectivity index (χ3v) is 8.46. The van der Waals surface area contributed by atoms with Crippen molar-refractivity contribution in [3.8, 4) is 16.9 Å². The molecule has 184 valence electrons. The van der Waals surface area contributed by atoms with Crippen molar-refractivity contribution in [2.75, 3.05) is 13.7 Å². The first-order valence-corrected chi connectivity index (χ1v) is 13.1.